The van der Waals surface area contributed by atoms with Crippen molar-refractivity contribution >= 4 is 47.0 Å². The van der Waals surface area contributed by atoms with Crippen molar-refractivity contribution in [1.82, 2.24) is 10.2 Å². The van der Waals surface area contributed by atoms with Gasteiger partial charge in [-0.2, -0.15) is 12.6 Å². The fourth-order valence-corrected chi connectivity index (χ4v) is 4.35. The second-order valence-corrected chi connectivity index (χ2v) is 10.4. The highest BCUT2D eigenvalue weighted by Gasteiger charge is 2.35. The number of carbonyl (C=O) groups excluding carboxylic acids is 3. The molecule has 3 aromatic carbocycles. The van der Waals surface area contributed by atoms with E-state index >= 15 is 0 Å². The lowest BCUT2D eigenvalue weighted by Crippen LogP contribution is -2.53. The zero-order valence-electron chi connectivity index (χ0n) is 22.3. The number of phenolic OH excluding ortho intramolecular Hbond substituents is 1. The van der Waals surface area contributed by atoms with Crippen molar-refractivity contribution in [1.29, 1.82) is 0 Å². The number of anilines is 1. The summed E-state index contributed by atoms with van der Waals surface area (Å²) in [4.78, 5) is 41.2. The average Bonchev–Trinajstić information content (AvgIpc) is 2.86. The van der Waals surface area contributed by atoms with Gasteiger partial charge in [0.25, 0.3) is 5.91 Å². The number of hydrogen-bond donors (Lipinski definition) is 4. The van der Waals surface area contributed by atoms with Gasteiger partial charge < -0.3 is 25.4 Å². The SMILES string of the molecule is CCN(C(=O)C(CS)NC(=O)OC(C)(C)C)C(C(=O)Nc1ccc2ccccc2c1)c1ccc(O)c(C)c1. The molecule has 0 aliphatic rings. The molecule has 0 aliphatic carbocycles. The van der Waals surface area contributed by atoms with E-state index in [1.807, 2.05) is 36.4 Å². The predicted octanol–water partition coefficient (Wildman–Crippen LogP) is 5.21. The molecule has 0 heterocycles. The molecular formula is C29H35N3O5S. The van der Waals surface area contributed by atoms with Crippen LogP contribution in [0.25, 0.3) is 10.8 Å². The molecule has 3 rings (SSSR count). The summed E-state index contributed by atoms with van der Waals surface area (Å²) in [5, 5.41) is 17.6. The molecule has 0 fully saturated rings. The molecule has 0 spiro atoms. The molecule has 0 saturated heterocycles. The van der Waals surface area contributed by atoms with E-state index in [9.17, 15) is 19.5 Å². The van der Waals surface area contributed by atoms with Gasteiger partial charge in [0.2, 0.25) is 5.91 Å². The van der Waals surface area contributed by atoms with E-state index in [0.29, 0.717) is 16.8 Å². The molecule has 2 unspecified atom stereocenters. The number of aryl methyl sites for hydroxylation is 1. The van der Waals surface area contributed by atoms with Crippen molar-refractivity contribution in [2.45, 2.75) is 52.3 Å². The number of hydrogen-bond acceptors (Lipinski definition) is 6. The highest BCUT2D eigenvalue weighted by molar-refractivity contribution is 7.80. The van der Waals surface area contributed by atoms with Gasteiger partial charge in [-0.25, -0.2) is 4.79 Å². The van der Waals surface area contributed by atoms with E-state index < -0.39 is 35.6 Å². The Balaban J connectivity index is 1.95. The van der Waals surface area contributed by atoms with Crippen LogP contribution in [0.4, 0.5) is 10.5 Å². The van der Waals surface area contributed by atoms with E-state index in [4.69, 9.17) is 4.74 Å². The summed E-state index contributed by atoms with van der Waals surface area (Å²) in [5.74, 6) is -0.840. The Kier molecular flexibility index (Phi) is 9.27. The molecule has 0 saturated carbocycles. The first kappa shape index (κ1) is 28.8. The molecule has 9 heteroatoms. The van der Waals surface area contributed by atoms with Gasteiger partial charge >= 0.3 is 6.09 Å². The topological polar surface area (TPSA) is 108 Å². The van der Waals surface area contributed by atoms with Gasteiger partial charge in [0.05, 0.1) is 0 Å². The van der Waals surface area contributed by atoms with Crippen LogP contribution in [0.5, 0.6) is 5.75 Å². The van der Waals surface area contributed by atoms with Crippen molar-refractivity contribution in [3.8, 4) is 5.75 Å². The van der Waals surface area contributed by atoms with Crippen molar-refractivity contribution < 1.29 is 24.2 Å². The van der Waals surface area contributed by atoms with Crippen LogP contribution in [0.1, 0.15) is 44.9 Å². The lowest BCUT2D eigenvalue weighted by atomic mass is 10.00. The van der Waals surface area contributed by atoms with Crippen LogP contribution < -0.4 is 10.6 Å². The van der Waals surface area contributed by atoms with Crippen LogP contribution in [0, 0.1) is 6.92 Å². The van der Waals surface area contributed by atoms with Gasteiger partial charge in [-0.15, -0.1) is 0 Å². The van der Waals surface area contributed by atoms with Crippen molar-refractivity contribution in [2.24, 2.45) is 0 Å². The normalized spacial score (nSPS) is 12.9. The second-order valence-electron chi connectivity index (χ2n) is 10.0. The number of rotatable bonds is 8. The third-order valence-corrected chi connectivity index (χ3v) is 6.27. The monoisotopic (exact) mass is 537 g/mol. The van der Waals surface area contributed by atoms with Crippen LogP contribution in [-0.4, -0.2) is 51.9 Å². The fourth-order valence-electron chi connectivity index (χ4n) is 4.10. The second kappa shape index (κ2) is 12.2. The third kappa shape index (κ3) is 7.19. The lowest BCUT2D eigenvalue weighted by Gasteiger charge is -2.33. The molecule has 3 aromatic rings. The van der Waals surface area contributed by atoms with Crippen LogP contribution in [0.2, 0.25) is 0 Å². The highest BCUT2D eigenvalue weighted by atomic mass is 32.1. The molecule has 0 aliphatic heterocycles. The quantitative estimate of drug-likeness (QED) is 0.295. The number of benzene rings is 3. The zero-order chi connectivity index (χ0) is 28.0. The first-order valence-corrected chi connectivity index (χ1v) is 13.1. The van der Waals surface area contributed by atoms with Crippen LogP contribution in [0.3, 0.4) is 0 Å². The maximum atomic E-state index is 13.8. The summed E-state index contributed by atoms with van der Waals surface area (Å²) in [7, 11) is 0. The zero-order valence-corrected chi connectivity index (χ0v) is 23.2. The minimum absolute atomic E-state index is 0.00218. The molecule has 8 nitrogen and oxygen atoms in total. The number of aromatic hydroxyl groups is 1. The predicted molar refractivity (Wildman–Crippen MR) is 153 cm³/mol. The van der Waals surface area contributed by atoms with Gasteiger partial charge in [-0.3, -0.25) is 9.59 Å². The molecule has 0 aromatic heterocycles. The van der Waals surface area contributed by atoms with E-state index in [2.05, 4.69) is 23.3 Å². The number of amides is 3. The number of nitrogens with zero attached hydrogens (tertiary/aromatic N) is 1. The minimum atomic E-state index is -1.04. The van der Waals surface area contributed by atoms with Crippen LogP contribution >= 0.6 is 12.6 Å². The summed E-state index contributed by atoms with van der Waals surface area (Å²) >= 11 is 4.27. The molecule has 0 radical (unpaired) electrons. The summed E-state index contributed by atoms with van der Waals surface area (Å²) in [6, 6.07) is 16.1. The molecule has 202 valence electrons. The number of alkyl carbamates (subject to hydrolysis) is 1. The van der Waals surface area contributed by atoms with E-state index in [-0.39, 0.29) is 18.0 Å². The third-order valence-electron chi connectivity index (χ3n) is 5.91. The summed E-state index contributed by atoms with van der Waals surface area (Å²) in [6.07, 6.45) is -0.751. The number of thiol groups is 1. The number of fused-ring (bicyclic) bond motifs is 1. The number of likely N-dealkylation sites (N-methyl/N-ethyl adjacent to an activating group) is 1. The number of nitrogens with one attached hydrogen (secondary N) is 2. The van der Waals surface area contributed by atoms with Gasteiger partial charge in [-0.1, -0.05) is 36.4 Å². The lowest BCUT2D eigenvalue weighted by molar-refractivity contribution is -0.140. The summed E-state index contributed by atoms with van der Waals surface area (Å²) in [6.45, 7) is 8.82. The average molecular weight is 538 g/mol. The Morgan fingerprint density at radius 3 is 2.32 bits per heavy atom. The molecule has 0 bridgehead atoms. The van der Waals surface area contributed by atoms with Gasteiger partial charge in [0, 0.05) is 18.0 Å². The number of ether oxygens (including phenoxy) is 1. The Hall–Kier alpha value is -3.72. The van der Waals surface area contributed by atoms with Gasteiger partial charge in [0.1, 0.15) is 23.4 Å². The van der Waals surface area contributed by atoms with Crippen LogP contribution in [-0.2, 0) is 14.3 Å². The van der Waals surface area contributed by atoms with Crippen molar-refractivity contribution in [2.75, 3.05) is 17.6 Å². The van der Waals surface area contributed by atoms with E-state index in [1.54, 1.807) is 52.8 Å². The smallest absolute Gasteiger partial charge is 0.408 e. The molecular weight excluding hydrogens is 502 g/mol. The molecule has 38 heavy (non-hydrogen) atoms. The molecule has 2 atom stereocenters. The fraction of sp³-hybridized carbons (Fsp3) is 0.345. The summed E-state index contributed by atoms with van der Waals surface area (Å²) < 4.78 is 5.31. The Morgan fingerprint density at radius 2 is 1.71 bits per heavy atom. The molecule has 3 amide bonds. The van der Waals surface area contributed by atoms with E-state index in [1.165, 1.54) is 11.0 Å². The first-order valence-electron chi connectivity index (χ1n) is 12.4. The largest absolute Gasteiger partial charge is 0.508 e. The Bertz CT molecular complexity index is 1320. The molecule has 3 N–H and O–H groups in total. The summed E-state index contributed by atoms with van der Waals surface area (Å²) in [5.41, 5.74) is 0.913. The van der Waals surface area contributed by atoms with Crippen molar-refractivity contribution in [3.63, 3.8) is 0 Å². The minimum Gasteiger partial charge on any atom is -0.508 e. The maximum Gasteiger partial charge on any atom is 0.408 e. The first-order chi connectivity index (χ1) is 17.9. The number of phenols is 1. The van der Waals surface area contributed by atoms with Gasteiger partial charge in [-0.05, 0) is 80.8 Å². The maximum absolute atomic E-state index is 13.8. The number of carbonyl (C=O) groups is 3. The Morgan fingerprint density at radius 1 is 1.03 bits per heavy atom. The standard InChI is InChI=1S/C29H35N3O5S/c1-6-32(27(35)23(17-38)31-28(36)37-29(3,4)5)25(21-12-14-24(33)18(2)15-21)26(34)30-22-13-11-19-9-7-8-10-20(19)16-22/h7-16,23,25,33,38H,6,17H2,1-5H3,(H,30,34)(H,31,36). The highest BCUT2D eigenvalue weighted by Crippen LogP contribution is 2.29. The Labute approximate surface area is 228 Å². The van der Waals surface area contributed by atoms with Gasteiger partial charge in [0.15, 0.2) is 0 Å². The van der Waals surface area contributed by atoms with E-state index in [0.717, 1.165) is 10.8 Å². The van der Waals surface area contributed by atoms with Crippen molar-refractivity contribution in [3.05, 3.63) is 71.8 Å². The van der Waals surface area contributed by atoms with Crippen LogP contribution in [0.15, 0.2) is 60.7 Å².